The van der Waals surface area contributed by atoms with Crippen molar-refractivity contribution in [2.45, 2.75) is 136 Å². The Kier molecular flexibility index (Phi) is 18.2. The van der Waals surface area contributed by atoms with Crippen molar-refractivity contribution < 1.29 is 14.6 Å². The monoisotopic (exact) mass is 439 g/mol. The lowest BCUT2D eigenvalue weighted by molar-refractivity contribution is -0.220. The van der Waals surface area contributed by atoms with Crippen LogP contribution in [0.3, 0.4) is 0 Å². The fourth-order valence-electron chi connectivity index (χ4n) is 4.42. The summed E-state index contributed by atoms with van der Waals surface area (Å²) in [6.45, 7) is 7.91. The Balaban J connectivity index is 3.76. The lowest BCUT2D eigenvalue weighted by Gasteiger charge is -2.44. The van der Waals surface area contributed by atoms with Crippen LogP contribution in [0, 0.1) is 5.92 Å². The van der Waals surface area contributed by atoms with Gasteiger partial charge < -0.3 is 9.84 Å². The van der Waals surface area contributed by atoms with Gasteiger partial charge in [0.25, 0.3) is 0 Å². The average Bonchev–Trinajstić information content (AvgIpc) is 2.70. The molecule has 184 valence electrons. The van der Waals surface area contributed by atoms with Gasteiger partial charge in [-0.15, -0.1) is 0 Å². The number of unbranched alkanes of at least 4 members (excludes halogenated alkanes) is 12. The highest BCUT2D eigenvalue weighted by Crippen LogP contribution is 2.29. The molecule has 0 heterocycles. The van der Waals surface area contributed by atoms with E-state index in [1.807, 2.05) is 32.8 Å². The summed E-state index contributed by atoms with van der Waals surface area (Å²) in [5, 5.41) is 10.2. The molecule has 0 aliphatic carbocycles. The molecule has 0 saturated carbocycles. The Morgan fingerprint density at radius 1 is 0.839 bits per heavy atom. The van der Waals surface area contributed by atoms with E-state index in [0.29, 0.717) is 6.42 Å². The van der Waals surface area contributed by atoms with Gasteiger partial charge in [-0.1, -0.05) is 90.7 Å². The van der Waals surface area contributed by atoms with Crippen molar-refractivity contribution in [1.29, 1.82) is 0 Å². The first-order chi connectivity index (χ1) is 14.8. The van der Waals surface area contributed by atoms with Gasteiger partial charge in [-0.25, -0.2) is 0 Å². The molecular weight excluding hydrogens is 386 g/mol. The van der Waals surface area contributed by atoms with Gasteiger partial charge in [0.2, 0.25) is 0 Å². The third-order valence-corrected chi connectivity index (χ3v) is 6.29. The van der Waals surface area contributed by atoms with E-state index >= 15 is 0 Å². The van der Waals surface area contributed by atoms with Crippen molar-refractivity contribution in [3.8, 4) is 0 Å². The summed E-state index contributed by atoms with van der Waals surface area (Å²) in [5.41, 5.74) is -0.961. The van der Waals surface area contributed by atoms with Crippen molar-refractivity contribution in [2.75, 3.05) is 14.1 Å². The Morgan fingerprint density at radius 3 is 1.71 bits per heavy atom. The molecule has 0 bridgehead atoms. The molecule has 0 aliphatic rings. The zero-order valence-electron chi connectivity index (χ0n) is 21.6. The number of nitrogens with zero attached hydrogens (tertiary/aromatic N) is 1. The molecule has 4 heteroatoms. The van der Waals surface area contributed by atoms with Gasteiger partial charge in [-0.2, -0.15) is 0 Å². The quantitative estimate of drug-likeness (QED) is 0.0939. The summed E-state index contributed by atoms with van der Waals surface area (Å²) in [4.78, 5) is 14.2. The van der Waals surface area contributed by atoms with Gasteiger partial charge in [-0.3, -0.25) is 9.69 Å². The Bertz CT molecular complexity index is 436. The highest BCUT2D eigenvalue weighted by Gasteiger charge is 2.44. The molecule has 2 unspecified atom stereocenters. The largest absolute Gasteiger partial charge is 0.441 e. The lowest BCUT2D eigenvalue weighted by Crippen LogP contribution is -2.59. The van der Waals surface area contributed by atoms with Crippen LogP contribution < -0.4 is 0 Å². The zero-order valence-corrected chi connectivity index (χ0v) is 21.6. The smallest absolute Gasteiger partial charge is 0.307 e. The lowest BCUT2D eigenvalue weighted by atomic mass is 9.92. The molecule has 2 atom stereocenters. The van der Waals surface area contributed by atoms with Crippen molar-refractivity contribution >= 4 is 5.97 Å². The van der Waals surface area contributed by atoms with E-state index in [-0.39, 0.29) is 11.9 Å². The van der Waals surface area contributed by atoms with Gasteiger partial charge >= 0.3 is 5.97 Å². The van der Waals surface area contributed by atoms with Crippen LogP contribution in [0.4, 0.5) is 0 Å². The molecule has 31 heavy (non-hydrogen) atoms. The van der Waals surface area contributed by atoms with E-state index in [1.165, 1.54) is 64.2 Å². The summed E-state index contributed by atoms with van der Waals surface area (Å²) in [5.74, 6) is -0.211. The molecule has 0 rings (SSSR count). The summed E-state index contributed by atoms with van der Waals surface area (Å²) >= 11 is 0. The second kappa shape index (κ2) is 18.7. The SMILES string of the molecule is CCCCCCCCCCC=CCCCCCCC(=O)OC(C(C)C)(C(C)O)N(C)C. The zero-order chi connectivity index (χ0) is 23.5. The van der Waals surface area contributed by atoms with Gasteiger partial charge in [0.05, 0.1) is 0 Å². The number of allylic oxidation sites excluding steroid dienone is 2. The van der Waals surface area contributed by atoms with E-state index in [0.717, 1.165) is 25.7 Å². The van der Waals surface area contributed by atoms with E-state index < -0.39 is 11.8 Å². The minimum absolute atomic E-state index is 0.00373. The van der Waals surface area contributed by atoms with Crippen LogP contribution in [0.1, 0.15) is 124 Å². The number of hydrogen-bond acceptors (Lipinski definition) is 4. The maximum absolute atomic E-state index is 12.3. The molecule has 0 aromatic carbocycles. The molecule has 0 aromatic rings. The number of aliphatic hydroxyl groups excluding tert-OH is 1. The molecule has 0 aromatic heterocycles. The Morgan fingerprint density at radius 2 is 1.29 bits per heavy atom. The van der Waals surface area contributed by atoms with Crippen LogP contribution in [0.2, 0.25) is 0 Å². The first-order valence-electron chi connectivity index (χ1n) is 13.0. The topological polar surface area (TPSA) is 49.8 Å². The fourth-order valence-corrected chi connectivity index (χ4v) is 4.42. The third-order valence-electron chi connectivity index (χ3n) is 6.29. The second-order valence-corrected chi connectivity index (χ2v) is 9.64. The van der Waals surface area contributed by atoms with Gasteiger partial charge in [0.15, 0.2) is 5.72 Å². The van der Waals surface area contributed by atoms with Crippen molar-refractivity contribution in [3.63, 3.8) is 0 Å². The molecular formula is C27H53NO3. The number of esters is 1. The minimum atomic E-state index is -0.961. The predicted octanol–water partition coefficient (Wildman–Crippen LogP) is 7.25. The third kappa shape index (κ3) is 13.3. The molecule has 4 nitrogen and oxygen atoms in total. The fraction of sp³-hybridized carbons (Fsp3) is 0.889. The first-order valence-corrected chi connectivity index (χ1v) is 13.0. The van der Waals surface area contributed by atoms with Crippen molar-refractivity contribution in [3.05, 3.63) is 12.2 Å². The number of rotatable bonds is 20. The van der Waals surface area contributed by atoms with Crippen molar-refractivity contribution in [1.82, 2.24) is 4.90 Å². The Labute approximate surface area is 193 Å². The summed E-state index contributed by atoms with van der Waals surface area (Å²) in [6, 6.07) is 0. The van der Waals surface area contributed by atoms with Gasteiger partial charge in [0.1, 0.15) is 6.10 Å². The number of carbonyl (C=O) groups is 1. The van der Waals surface area contributed by atoms with Crippen LogP contribution in [0.5, 0.6) is 0 Å². The highest BCUT2D eigenvalue weighted by atomic mass is 16.6. The average molecular weight is 440 g/mol. The van der Waals surface area contributed by atoms with E-state index in [4.69, 9.17) is 4.74 Å². The molecule has 0 fully saturated rings. The predicted molar refractivity (Wildman–Crippen MR) is 133 cm³/mol. The van der Waals surface area contributed by atoms with Crippen LogP contribution in [-0.2, 0) is 9.53 Å². The van der Waals surface area contributed by atoms with E-state index in [1.54, 1.807) is 6.92 Å². The van der Waals surface area contributed by atoms with Crippen LogP contribution in [0.25, 0.3) is 0 Å². The van der Waals surface area contributed by atoms with Crippen LogP contribution >= 0.6 is 0 Å². The van der Waals surface area contributed by atoms with E-state index in [9.17, 15) is 9.90 Å². The van der Waals surface area contributed by atoms with Crippen LogP contribution in [-0.4, -0.2) is 41.9 Å². The highest BCUT2D eigenvalue weighted by molar-refractivity contribution is 5.69. The standard InChI is InChI=1S/C27H53NO3/c1-7-8-9-10-11-12-13-14-15-16-17-18-19-20-21-22-23-26(30)31-27(24(2)3,25(4)29)28(5)6/h16-17,24-25,29H,7-15,18-23H2,1-6H3. The summed E-state index contributed by atoms with van der Waals surface area (Å²) < 4.78 is 5.77. The number of carbonyl (C=O) groups excluding carboxylic acids is 1. The van der Waals surface area contributed by atoms with E-state index in [2.05, 4.69) is 19.1 Å². The second-order valence-electron chi connectivity index (χ2n) is 9.64. The van der Waals surface area contributed by atoms with Crippen LogP contribution in [0.15, 0.2) is 12.2 Å². The minimum Gasteiger partial charge on any atom is -0.441 e. The summed E-state index contributed by atoms with van der Waals surface area (Å²) in [6.07, 6.45) is 22.0. The molecule has 1 N–H and O–H groups in total. The van der Waals surface area contributed by atoms with Gasteiger partial charge in [-0.05, 0) is 53.1 Å². The molecule has 0 saturated heterocycles. The number of ether oxygens (including phenoxy) is 1. The molecule has 0 aliphatic heterocycles. The molecule has 0 radical (unpaired) electrons. The number of aliphatic hydroxyl groups is 1. The van der Waals surface area contributed by atoms with Gasteiger partial charge in [0, 0.05) is 12.3 Å². The maximum atomic E-state index is 12.3. The van der Waals surface area contributed by atoms with Crippen molar-refractivity contribution in [2.24, 2.45) is 5.92 Å². The summed E-state index contributed by atoms with van der Waals surface area (Å²) in [7, 11) is 3.70. The number of likely N-dealkylation sites (N-methyl/N-ethyl adjacent to an activating group) is 1. The first kappa shape index (κ1) is 30.1. The number of hydrogen-bond donors (Lipinski definition) is 1. The Hall–Kier alpha value is -0.870. The normalized spacial score (nSPS) is 15.0. The molecule has 0 spiro atoms. The molecule has 0 amide bonds. The maximum Gasteiger partial charge on any atom is 0.307 e.